The second kappa shape index (κ2) is 17.1. The monoisotopic (exact) mass is 497 g/mol. The van der Waals surface area contributed by atoms with Gasteiger partial charge in [-0.25, -0.2) is 0 Å². The van der Waals surface area contributed by atoms with E-state index in [4.69, 9.17) is 31.3 Å². The van der Waals surface area contributed by atoms with Crippen LogP contribution in [0.25, 0.3) is 0 Å². The minimum atomic E-state index is -2.72. The molecule has 0 radical (unpaired) electrons. The summed E-state index contributed by atoms with van der Waals surface area (Å²) in [5.74, 6) is -0.183. The normalized spacial score (nSPS) is 14.6. The van der Waals surface area contributed by atoms with Crippen LogP contribution in [0.3, 0.4) is 0 Å². The molecule has 0 spiro atoms. The van der Waals surface area contributed by atoms with Crippen molar-refractivity contribution in [1.82, 2.24) is 4.90 Å². The van der Waals surface area contributed by atoms with Crippen molar-refractivity contribution in [2.75, 3.05) is 69.4 Å². The quantitative estimate of drug-likeness (QED) is 0.186. The Bertz CT molecular complexity index is 444. The minimum Gasteiger partial charge on any atom is -0.469 e. The number of rotatable bonds is 20. The Morgan fingerprint density at radius 2 is 1.06 bits per heavy atom. The summed E-state index contributed by atoms with van der Waals surface area (Å²) in [4.78, 5) is 14.0. The van der Waals surface area contributed by atoms with E-state index in [9.17, 15) is 4.79 Å². The Hall–Kier alpha value is -0.376. The fraction of sp³-hybridized carbons (Fsp3) is 0.952. The molecule has 2 unspecified atom stereocenters. The molecule has 0 heterocycles. The lowest BCUT2D eigenvalue weighted by atomic mass is 10.2. The van der Waals surface area contributed by atoms with E-state index in [-0.39, 0.29) is 17.1 Å². The van der Waals surface area contributed by atoms with E-state index in [0.717, 1.165) is 51.7 Å². The molecular formula is C21H47NO8Si2. The van der Waals surface area contributed by atoms with Crippen molar-refractivity contribution in [2.24, 2.45) is 0 Å². The van der Waals surface area contributed by atoms with Gasteiger partial charge in [0.15, 0.2) is 0 Å². The molecule has 0 fully saturated rings. The fourth-order valence-electron chi connectivity index (χ4n) is 4.32. The molecule has 32 heavy (non-hydrogen) atoms. The van der Waals surface area contributed by atoms with Crippen LogP contribution in [0, 0.1) is 0 Å². The first-order chi connectivity index (χ1) is 15.3. The molecule has 0 rings (SSSR count). The lowest BCUT2D eigenvalue weighted by molar-refractivity contribution is -0.140. The number of carbonyl (C=O) groups is 1. The number of hydrogen-bond donors (Lipinski definition) is 0. The lowest BCUT2D eigenvalue weighted by Gasteiger charge is -2.35. The molecule has 9 nitrogen and oxygen atoms in total. The molecule has 0 bridgehead atoms. The largest absolute Gasteiger partial charge is 0.503 e. The Morgan fingerprint density at radius 1 is 0.688 bits per heavy atom. The van der Waals surface area contributed by atoms with Crippen LogP contribution in [0.4, 0.5) is 0 Å². The molecule has 0 aromatic heterocycles. The third-order valence-electron chi connectivity index (χ3n) is 6.36. The van der Waals surface area contributed by atoms with E-state index in [1.807, 2.05) is 0 Å². The average molecular weight is 498 g/mol. The molecule has 0 aromatic carbocycles. The van der Waals surface area contributed by atoms with Crippen molar-refractivity contribution in [1.29, 1.82) is 0 Å². The molecule has 0 saturated carbocycles. The van der Waals surface area contributed by atoms with Crippen LogP contribution in [0.5, 0.6) is 0 Å². The summed E-state index contributed by atoms with van der Waals surface area (Å²) in [7, 11) is 5.93. The van der Waals surface area contributed by atoms with Crippen LogP contribution >= 0.6 is 0 Å². The van der Waals surface area contributed by atoms with Crippen molar-refractivity contribution in [2.45, 2.75) is 63.5 Å². The topological polar surface area (TPSA) is 84.9 Å². The highest BCUT2D eigenvalue weighted by molar-refractivity contribution is 6.62. The van der Waals surface area contributed by atoms with E-state index in [1.165, 1.54) is 7.11 Å². The van der Waals surface area contributed by atoms with Crippen LogP contribution in [0.15, 0.2) is 0 Å². The van der Waals surface area contributed by atoms with Gasteiger partial charge in [-0.3, -0.25) is 4.79 Å². The van der Waals surface area contributed by atoms with Crippen molar-refractivity contribution < 1.29 is 36.1 Å². The smallest absolute Gasteiger partial charge is 0.469 e. The zero-order valence-electron chi connectivity index (χ0n) is 21.7. The Morgan fingerprint density at radius 3 is 1.34 bits per heavy atom. The molecule has 0 aromatic rings. The highest BCUT2D eigenvalue weighted by Crippen LogP contribution is 2.33. The van der Waals surface area contributed by atoms with E-state index < -0.39 is 17.6 Å². The predicted octanol–water partition coefficient (Wildman–Crippen LogP) is 3.34. The van der Waals surface area contributed by atoms with E-state index in [2.05, 4.69) is 18.7 Å². The third-order valence-corrected chi connectivity index (χ3v) is 13.2. The summed E-state index contributed by atoms with van der Waals surface area (Å²) >= 11 is 0. The van der Waals surface area contributed by atoms with Gasteiger partial charge in [-0.15, -0.1) is 0 Å². The number of esters is 1. The average Bonchev–Trinajstić information content (AvgIpc) is 2.84. The fourth-order valence-corrected chi connectivity index (χ4v) is 9.29. The second-order valence-corrected chi connectivity index (χ2v) is 14.2. The Labute approximate surface area is 197 Å². The summed E-state index contributed by atoms with van der Waals surface area (Å²) in [5.41, 5.74) is 0.385. The first-order valence-electron chi connectivity index (χ1n) is 11.4. The molecule has 0 amide bonds. The standard InChI is InChI=1S/C21H47NO8Si2/c1-10-19(31(25-4,26-5)27-6)14-17-22(16-12-13-21(23)24-3)18-15-20(11-2)32(28-7,29-8)30-9/h19-20H,10-18H2,1-9H3. The maximum Gasteiger partial charge on any atom is 0.503 e. The molecule has 0 N–H and O–H groups in total. The van der Waals surface area contributed by atoms with Crippen LogP contribution < -0.4 is 0 Å². The molecule has 0 saturated heterocycles. The van der Waals surface area contributed by atoms with Crippen molar-refractivity contribution in [3.8, 4) is 0 Å². The first kappa shape index (κ1) is 31.6. The van der Waals surface area contributed by atoms with Crippen LogP contribution in [-0.4, -0.2) is 97.9 Å². The lowest BCUT2D eigenvalue weighted by Crippen LogP contribution is -2.49. The summed E-state index contributed by atoms with van der Waals surface area (Å²) in [6, 6.07) is 0. The van der Waals surface area contributed by atoms with Gasteiger partial charge in [0.25, 0.3) is 0 Å². The molecule has 0 aliphatic heterocycles. The van der Waals surface area contributed by atoms with Crippen molar-refractivity contribution in [3.05, 3.63) is 0 Å². The van der Waals surface area contributed by atoms with Crippen LogP contribution in [0.2, 0.25) is 11.1 Å². The zero-order chi connectivity index (χ0) is 24.6. The first-order valence-corrected chi connectivity index (χ1v) is 15.0. The molecule has 11 heteroatoms. The Kier molecular flexibility index (Phi) is 16.9. The number of ether oxygens (including phenoxy) is 1. The van der Waals surface area contributed by atoms with E-state index in [1.54, 1.807) is 42.7 Å². The maximum atomic E-state index is 11.6. The van der Waals surface area contributed by atoms with Crippen LogP contribution in [-0.2, 0) is 36.1 Å². The predicted molar refractivity (Wildman–Crippen MR) is 129 cm³/mol. The minimum absolute atomic E-state index is 0.183. The SMILES string of the molecule is CCC(CCN(CCCC(=O)OC)CCC(CC)[Si](OC)(OC)OC)[Si](OC)(OC)OC. The van der Waals surface area contributed by atoms with E-state index >= 15 is 0 Å². The zero-order valence-corrected chi connectivity index (χ0v) is 23.7. The number of carbonyl (C=O) groups excluding carboxylic acids is 1. The highest BCUT2D eigenvalue weighted by Gasteiger charge is 2.47. The molecule has 192 valence electrons. The van der Waals surface area contributed by atoms with Gasteiger partial charge in [-0.1, -0.05) is 13.8 Å². The number of methoxy groups -OCH3 is 1. The number of hydrogen-bond acceptors (Lipinski definition) is 9. The van der Waals surface area contributed by atoms with Gasteiger partial charge in [-0.05, 0) is 51.7 Å². The van der Waals surface area contributed by atoms with Crippen molar-refractivity contribution in [3.63, 3.8) is 0 Å². The summed E-state index contributed by atoms with van der Waals surface area (Å²) in [6.45, 7) is 6.76. The molecular weight excluding hydrogens is 450 g/mol. The summed E-state index contributed by atoms with van der Waals surface area (Å²) in [5, 5.41) is 0. The molecule has 0 aliphatic carbocycles. The van der Waals surface area contributed by atoms with Gasteiger partial charge in [0, 0.05) is 60.2 Å². The maximum absolute atomic E-state index is 11.6. The van der Waals surface area contributed by atoms with Gasteiger partial charge in [-0.2, -0.15) is 0 Å². The van der Waals surface area contributed by atoms with Gasteiger partial charge >= 0.3 is 23.6 Å². The Balaban J connectivity index is 5.31. The van der Waals surface area contributed by atoms with Gasteiger partial charge in [0.1, 0.15) is 0 Å². The van der Waals surface area contributed by atoms with Gasteiger partial charge < -0.3 is 36.2 Å². The summed E-state index contributed by atoms with van der Waals surface area (Å²) in [6.07, 6.45) is 4.72. The van der Waals surface area contributed by atoms with Crippen LogP contribution in [0.1, 0.15) is 52.4 Å². The second-order valence-electron chi connectivity index (χ2n) is 7.74. The van der Waals surface area contributed by atoms with Gasteiger partial charge in [0.2, 0.25) is 0 Å². The van der Waals surface area contributed by atoms with E-state index in [0.29, 0.717) is 6.42 Å². The molecule has 2 atom stereocenters. The highest BCUT2D eigenvalue weighted by atomic mass is 28.4. The third kappa shape index (κ3) is 9.11. The van der Waals surface area contributed by atoms with Crippen molar-refractivity contribution >= 4 is 23.6 Å². The number of nitrogens with zero attached hydrogens (tertiary/aromatic N) is 1. The molecule has 0 aliphatic rings. The van der Waals surface area contributed by atoms with Gasteiger partial charge in [0.05, 0.1) is 7.11 Å². The summed E-state index contributed by atoms with van der Waals surface area (Å²) < 4.78 is 39.1.